The fourth-order valence-electron chi connectivity index (χ4n) is 3.44. The Morgan fingerprint density at radius 1 is 1.23 bits per heavy atom. The SMILES string of the molecule is CC(C)(C)Cn1nc(-c2cccs2)c(O)c(C2=Nc3ccc(NS(C)(=O)=O)cc3S(=O)(=O)N2)c1=O. The Hall–Kier alpha value is -3.23. The van der Waals surface area contributed by atoms with Crippen LogP contribution in [0, 0.1) is 5.41 Å². The predicted octanol–water partition coefficient (Wildman–Crippen LogP) is 2.47. The third kappa shape index (κ3) is 5.23. The second kappa shape index (κ2) is 8.46. The zero-order valence-electron chi connectivity index (χ0n) is 19.2. The zero-order valence-corrected chi connectivity index (χ0v) is 21.7. The van der Waals surface area contributed by atoms with Crippen molar-refractivity contribution in [1.29, 1.82) is 0 Å². The van der Waals surface area contributed by atoms with Crippen molar-refractivity contribution in [1.82, 2.24) is 14.5 Å². The summed E-state index contributed by atoms with van der Waals surface area (Å²) in [6.45, 7) is 5.95. The number of benzene rings is 1. The van der Waals surface area contributed by atoms with Crippen molar-refractivity contribution in [2.75, 3.05) is 11.0 Å². The Morgan fingerprint density at radius 3 is 2.54 bits per heavy atom. The highest BCUT2D eigenvalue weighted by atomic mass is 32.2. The van der Waals surface area contributed by atoms with Crippen LogP contribution in [0.15, 0.2) is 50.4 Å². The lowest BCUT2D eigenvalue weighted by Gasteiger charge is -2.22. The van der Waals surface area contributed by atoms with Crippen LogP contribution in [0.5, 0.6) is 5.75 Å². The molecule has 1 aliphatic heterocycles. The molecule has 0 saturated carbocycles. The predicted molar refractivity (Wildman–Crippen MR) is 134 cm³/mol. The molecule has 35 heavy (non-hydrogen) atoms. The first kappa shape index (κ1) is 24.9. The fourth-order valence-corrected chi connectivity index (χ4v) is 5.89. The molecule has 0 fully saturated rings. The van der Waals surface area contributed by atoms with Crippen molar-refractivity contribution in [3.05, 3.63) is 51.6 Å². The normalized spacial score (nSPS) is 15.1. The number of fused-ring (bicyclic) bond motifs is 1. The molecule has 0 radical (unpaired) electrons. The maximum absolute atomic E-state index is 13.4. The van der Waals surface area contributed by atoms with Crippen LogP contribution in [-0.2, 0) is 26.6 Å². The first-order valence-corrected chi connectivity index (χ1v) is 14.5. The molecule has 1 aliphatic rings. The first-order chi connectivity index (χ1) is 16.1. The van der Waals surface area contributed by atoms with E-state index >= 15 is 0 Å². The third-order valence-electron chi connectivity index (χ3n) is 4.76. The number of rotatable bonds is 5. The molecule has 0 aliphatic carbocycles. The molecular weight excluding hydrogens is 514 g/mol. The number of nitrogens with zero attached hydrogens (tertiary/aromatic N) is 3. The lowest BCUT2D eigenvalue weighted by atomic mass is 9.97. The molecule has 14 heteroatoms. The molecule has 0 bridgehead atoms. The highest BCUT2D eigenvalue weighted by Gasteiger charge is 2.32. The Labute approximate surface area is 206 Å². The van der Waals surface area contributed by atoms with Gasteiger partial charge in [0.05, 0.1) is 16.8 Å². The van der Waals surface area contributed by atoms with Gasteiger partial charge in [0.25, 0.3) is 15.6 Å². The van der Waals surface area contributed by atoms with Gasteiger partial charge in [0.15, 0.2) is 11.6 Å². The van der Waals surface area contributed by atoms with Gasteiger partial charge in [-0.1, -0.05) is 26.8 Å². The second-order valence-corrected chi connectivity index (χ2v) is 13.5. The molecule has 0 spiro atoms. The number of amidine groups is 1. The average Bonchev–Trinajstić information content (AvgIpc) is 3.23. The van der Waals surface area contributed by atoms with Crippen LogP contribution in [0.1, 0.15) is 26.3 Å². The van der Waals surface area contributed by atoms with Crippen molar-refractivity contribution in [3.63, 3.8) is 0 Å². The van der Waals surface area contributed by atoms with Gasteiger partial charge < -0.3 is 5.11 Å². The number of hydrogen-bond acceptors (Lipinski definition) is 9. The van der Waals surface area contributed by atoms with Gasteiger partial charge in [-0.3, -0.25) is 14.2 Å². The average molecular weight is 538 g/mol. The highest BCUT2D eigenvalue weighted by Crippen LogP contribution is 2.35. The van der Waals surface area contributed by atoms with Crippen LogP contribution in [0.2, 0.25) is 0 Å². The number of anilines is 1. The smallest absolute Gasteiger partial charge is 0.281 e. The molecule has 1 aromatic carbocycles. The number of aromatic nitrogens is 2. The largest absolute Gasteiger partial charge is 0.505 e. The van der Waals surface area contributed by atoms with Crippen molar-refractivity contribution in [2.24, 2.45) is 10.4 Å². The van der Waals surface area contributed by atoms with E-state index in [0.717, 1.165) is 12.3 Å². The quantitative estimate of drug-likeness (QED) is 0.451. The lowest BCUT2D eigenvalue weighted by molar-refractivity contribution is 0.315. The van der Waals surface area contributed by atoms with Gasteiger partial charge in [-0.25, -0.2) is 26.5 Å². The monoisotopic (exact) mass is 537 g/mol. The Bertz CT molecular complexity index is 1620. The van der Waals surface area contributed by atoms with E-state index in [4.69, 9.17) is 0 Å². The molecule has 186 valence electrons. The molecule has 4 rings (SSSR count). The summed E-state index contributed by atoms with van der Waals surface area (Å²) >= 11 is 1.30. The van der Waals surface area contributed by atoms with E-state index in [-0.39, 0.29) is 45.3 Å². The van der Waals surface area contributed by atoms with Gasteiger partial charge in [0.1, 0.15) is 16.2 Å². The summed E-state index contributed by atoms with van der Waals surface area (Å²) in [7, 11) is -7.89. The lowest BCUT2D eigenvalue weighted by Crippen LogP contribution is -2.40. The number of hydrogen-bond donors (Lipinski definition) is 3. The molecule has 2 aromatic heterocycles. The van der Waals surface area contributed by atoms with Gasteiger partial charge >= 0.3 is 0 Å². The number of sulfonamides is 2. The van der Waals surface area contributed by atoms with E-state index in [1.54, 1.807) is 17.5 Å². The van der Waals surface area contributed by atoms with Crippen LogP contribution in [0.3, 0.4) is 0 Å². The van der Waals surface area contributed by atoms with E-state index in [2.05, 4.69) is 19.5 Å². The molecular formula is C21H23N5O6S3. The van der Waals surface area contributed by atoms with Crippen LogP contribution >= 0.6 is 11.3 Å². The maximum atomic E-state index is 13.4. The zero-order chi connectivity index (χ0) is 25.8. The molecule has 3 N–H and O–H groups in total. The minimum atomic E-state index is -4.26. The van der Waals surface area contributed by atoms with Gasteiger partial charge in [-0.2, -0.15) is 5.10 Å². The van der Waals surface area contributed by atoms with Crippen LogP contribution in [0.4, 0.5) is 11.4 Å². The highest BCUT2D eigenvalue weighted by molar-refractivity contribution is 7.92. The fraction of sp³-hybridized carbons (Fsp3) is 0.286. The summed E-state index contributed by atoms with van der Waals surface area (Å²) in [5, 5.41) is 17.2. The summed E-state index contributed by atoms with van der Waals surface area (Å²) in [5.41, 5.74) is -1.25. The summed E-state index contributed by atoms with van der Waals surface area (Å²) in [5.74, 6) is -0.852. The summed E-state index contributed by atoms with van der Waals surface area (Å²) in [6, 6.07) is 7.27. The van der Waals surface area contributed by atoms with Crippen LogP contribution < -0.4 is 15.0 Å². The molecule has 3 aromatic rings. The summed E-state index contributed by atoms with van der Waals surface area (Å²) in [6.07, 6.45) is 0.940. The topological polar surface area (TPSA) is 160 Å². The standard InChI is InChI=1S/C21H23N5O6S3/c1-21(2,3)11-26-20(28)16(18(27)17(23-26)14-6-5-9-33-14)19-22-13-8-7-12(24-34(4,29)30)10-15(13)35(31,32)25-19/h5-10,24,27H,11H2,1-4H3,(H,22,25). The number of aliphatic imine (C=N–C) groups is 1. The third-order valence-corrected chi connectivity index (χ3v) is 7.61. The van der Waals surface area contributed by atoms with E-state index < -0.39 is 31.4 Å². The molecule has 0 amide bonds. The summed E-state index contributed by atoms with van der Waals surface area (Å²) in [4.78, 5) is 18.0. The molecule has 3 heterocycles. The molecule has 0 saturated heterocycles. The van der Waals surface area contributed by atoms with Crippen molar-refractivity contribution >= 4 is 48.6 Å². The Morgan fingerprint density at radius 2 is 1.94 bits per heavy atom. The number of nitrogens with one attached hydrogen (secondary N) is 2. The van der Waals surface area contributed by atoms with Crippen molar-refractivity contribution < 1.29 is 21.9 Å². The first-order valence-electron chi connectivity index (χ1n) is 10.3. The van der Waals surface area contributed by atoms with Crippen molar-refractivity contribution in [2.45, 2.75) is 32.2 Å². The van der Waals surface area contributed by atoms with Crippen LogP contribution in [0.25, 0.3) is 10.6 Å². The molecule has 0 unspecified atom stereocenters. The van der Waals surface area contributed by atoms with Gasteiger partial charge in [0, 0.05) is 12.2 Å². The molecule has 11 nitrogen and oxygen atoms in total. The Balaban J connectivity index is 1.94. The minimum Gasteiger partial charge on any atom is -0.505 e. The molecule has 0 atom stereocenters. The second-order valence-electron chi connectivity index (χ2n) is 9.20. The van der Waals surface area contributed by atoms with E-state index in [0.29, 0.717) is 4.88 Å². The Kier molecular flexibility index (Phi) is 6.02. The van der Waals surface area contributed by atoms with E-state index in [1.165, 1.54) is 28.2 Å². The minimum absolute atomic E-state index is 0.0199. The van der Waals surface area contributed by atoms with Gasteiger partial charge in [-0.05, 0) is 35.1 Å². The number of aromatic hydroxyl groups is 1. The summed E-state index contributed by atoms with van der Waals surface area (Å²) < 4.78 is 54.8. The van der Waals surface area contributed by atoms with Crippen molar-refractivity contribution in [3.8, 4) is 16.3 Å². The number of thiophene rings is 1. The van der Waals surface area contributed by atoms with E-state index in [9.17, 15) is 26.7 Å². The van der Waals surface area contributed by atoms with E-state index in [1.807, 2.05) is 20.8 Å². The van der Waals surface area contributed by atoms with Gasteiger partial charge in [0.2, 0.25) is 10.0 Å². The van der Waals surface area contributed by atoms with Crippen LogP contribution in [-0.4, -0.2) is 43.8 Å². The van der Waals surface area contributed by atoms with Gasteiger partial charge in [-0.15, -0.1) is 11.3 Å². The maximum Gasteiger partial charge on any atom is 0.281 e.